The second-order valence-corrected chi connectivity index (χ2v) is 5.36. The fourth-order valence-electron chi connectivity index (χ4n) is 2.16. The number of phenolic OH excluding ortho intramolecular Hbond substituents is 1. The number of hydrogen-bond donors (Lipinski definition) is 2. The van der Waals surface area contributed by atoms with E-state index in [1.54, 1.807) is 55.6 Å². The third-order valence-corrected chi connectivity index (χ3v) is 3.50. The van der Waals surface area contributed by atoms with Gasteiger partial charge < -0.3 is 14.6 Å². The summed E-state index contributed by atoms with van der Waals surface area (Å²) in [5.41, 5.74) is 2.98. The zero-order valence-electron chi connectivity index (χ0n) is 14.3. The number of carbonyl (C=O) groups excluding carboxylic acids is 1. The third-order valence-electron chi connectivity index (χ3n) is 3.50. The molecule has 0 saturated carbocycles. The van der Waals surface area contributed by atoms with Crippen LogP contribution in [0.15, 0.2) is 53.6 Å². The minimum Gasteiger partial charge on any atom is -0.507 e. The number of benzene rings is 2. The third kappa shape index (κ3) is 5.53. The Morgan fingerprint density at radius 3 is 2.52 bits per heavy atom. The van der Waals surface area contributed by atoms with Crippen LogP contribution in [0.1, 0.15) is 25.3 Å². The molecule has 0 aliphatic heterocycles. The molecule has 0 aliphatic carbocycles. The molecule has 2 aromatic carbocycles. The number of hydrazone groups is 1. The van der Waals surface area contributed by atoms with Crippen molar-refractivity contribution in [3.8, 4) is 17.2 Å². The van der Waals surface area contributed by atoms with Crippen LogP contribution in [0.25, 0.3) is 0 Å². The SMILES string of the molecule is CCC[C@H](Oc1ccc(OC)cc1)C(=O)N/N=C\c1ccccc1O. The Kier molecular flexibility index (Phi) is 6.83. The van der Waals surface area contributed by atoms with Crippen LogP contribution in [0.2, 0.25) is 0 Å². The van der Waals surface area contributed by atoms with Crippen LogP contribution in [0, 0.1) is 0 Å². The standard InChI is InChI=1S/C19H22N2O4/c1-3-6-18(25-16-11-9-15(24-2)10-12-16)19(23)21-20-13-14-7-4-5-8-17(14)22/h4-5,7-13,18,22H,3,6H2,1-2H3,(H,21,23)/b20-13-/t18-/m0/s1. The molecule has 6 heteroatoms. The molecule has 0 heterocycles. The maximum Gasteiger partial charge on any atom is 0.281 e. The molecule has 0 aliphatic rings. The number of hydrogen-bond acceptors (Lipinski definition) is 5. The Bertz CT molecular complexity index is 714. The van der Waals surface area contributed by atoms with Gasteiger partial charge >= 0.3 is 0 Å². The second kappa shape index (κ2) is 9.32. The quantitative estimate of drug-likeness (QED) is 0.571. The van der Waals surface area contributed by atoms with Crippen molar-refractivity contribution in [2.45, 2.75) is 25.9 Å². The molecule has 1 amide bonds. The average molecular weight is 342 g/mol. The lowest BCUT2D eigenvalue weighted by Gasteiger charge is -2.17. The Morgan fingerprint density at radius 2 is 1.88 bits per heavy atom. The van der Waals surface area contributed by atoms with E-state index in [-0.39, 0.29) is 11.7 Å². The number of phenols is 1. The lowest BCUT2D eigenvalue weighted by molar-refractivity contribution is -0.128. The van der Waals surface area contributed by atoms with Crippen molar-refractivity contribution >= 4 is 12.1 Å². The predicted molar refractivity (Wildman–Crippen MR) is 96.2 cm³/mol. The lowest BCUT2D eigenvalue weighted by atomic mass is 10.2. The van der Waals surface area contributed by atoms with Crippen molar-refractivity contribution in [2.24, 2.45) is 5.10 Å². The Morgan fingerprint density at radius 1 is 1.20 bits per heavy atom. The number of methoxy groups -OCH3 is 1. The number of rotatable bonds is 8. The van der Waals surface area contributed by atoms with Crippen LogP contribution in [0.5, 0.6) is 17.2 Å². The minimum absolute atomic E-state index is 0.0973. The molecule has 0 radical (unpaired) electrons. The van der Waals surface area contributed by atoms with E-state index in [0.717, 1.165) is 12.2 Å². The van der Waals surface area contributed by atoms with E-state index in [1.165, 1.54) is 6.21 Å². The number of carbonyl (C=O) groups is 1. The second-order valence-electron chi connectivity index (χ2n) is 5.36. The lowest BCUT2D eigenvalue weighted by Crippen LogP contribution is -2.35. The number of ether oxygens (including phenoxy) is 2. The summed E-state index contributed by atoms with van der Waals surface area (Å²) in [5, 5.41) is 13.6. The highest BCUT2D eigenvalue weighted by Crippen LogP contribution is 2.19. The van der Waals surface area contributed by atoms with Gasteiger partial charge in [0.05, 0.1) is 13.3 Å². The molecule has 0 saturated heterocycles. The van der Waals surface area contributed by atoms with Gasteiger partial charge in [-0.25, -0.2) is 5.43 Å². The number of aromatic hydroxyl groups is 1. The molecule has 2 rings (SSSR count). The van der Waals surface area contributed by atoms with Gasteiger partial charge in [-0.15, -0.1) is 0 Å². The molecule has 0 unspecified atom stereocenters. The van der Waals surface area contributed by atoms with Crippen molar-refractivity contribution in [2.75, 3.05) is 7.11 Å². The predicted octanol–water partition coefficient (Wildman–Crippen LogP) is 3.10. The molecule has 25 heavy (non-hydrogen) atoms. The summed E-state index contributed by atoms with van der Waals surface area (Å²) in [6.45, 7) is 1.98. The average Bonchev–Trinajstić information content (AvgIpc) is 2.63. The zero-order valence-corrected chi connectivity index (χ0v) is 14.3. The van der Waals surface area contributed by atoms with Gasteiger partial charge in [0.25, 0.3) is 5.91 Å². The number of amides is 1. The molecule has 2 aromatic rings. The highest BCUT2D eigenvalue weighted by atomic mass is 16.5. The largest absolute Gasteiger partial charge is 0.507 e. The summed E-state index contributed by atoms with van der Waals surface area (Å²) in [5.74, 6) is 1.06. The van der Waals surface area contributed by atoms with Crippen LogP contribution in [0.4, 0.5) is 0 Å². The first-order chi connectivity index (χ1) is 12.1. The van der Waals surface area contributed by atoms with Crippen molar-refractivity contribution in [1.82, 2.24) is 5.43 Å². The van der Waals surface area contributed by atoms with Gasteiger partial charge in [0.2, 0.25) is 0 Å². The molecule has 0 bridgehead atoms. The van der Waals surface area contributed by atoms with E-state index < -0.39 is 6.10 Å². The molecule has 2 N–H and O–H groups in total. The zero-order chi connectivity index (χ0) is 18.1. The summed E-state index contributed by atoms with van der Waals surface area (Å²) >= 11 is 0. The van der Waals surface area contributed by atoms with Gasteiger partial charge in [-0.3, -0.25) is 4.79 Å². The van der Waals surface area contributed by atoms with E-state index in [0.29, 0.717) is 17.7 Å². The van der Waals surface area contributed by atoms with Crippen molar-refractivity contribution in [3.63, 3.8) is 0 Å². The molecular weight excluding hydrogens is 320 g/mol. The Balaban J connectivity index is 1.98. The van der Waals surface area contributed by atoms with Crippen LogP contribution in [0.3, 0.4) is 0 Å². The molecule has 1 atom stereocenters. The van der Waals surface area contributed by atoms with Crippen molar-refractivity contribution < 1.29 is 19.4 Å². The summed E-state index contributed by atoms with van der Waals surface area (Å²) in [4.78, 5) is 12.3. The first-order valence-electron chi connectivity index (χ1n) is 8.05. The number of nitrogens with zero attached hydrogens (tertiary/aromatic N) is 1. The van der Waals surface area contributed by atoms with Crippen LogP contribution in [-0.2, 0) is 4.79 Å². The van der Waals surface area contributed by atoms with E-state index in [4.69, 9.17) is 9.47 Å². The highest BCUT2D eigenvalue weighted by molar-refractivity contribution is 5.86. The number of para-hydroxylation sites is 1. The maximum atomic E-state index is 12.3. The first-order valence-corrected chi connectivity index (χ1v) is 8.05. The first kappa shape index (κ1) is 18.3. The van der Waals surface area contributed by atoms with Gasteiger partial charge in [-0.05, 0) is 42.8 Å². The normalized spacial score (nSPS) is 11.9. The molecular formula is C19H22N2O4. The summed E-state index contributed by atoms with van der Waals surface area (Å²) < 4.78 is 10.9. The van der Waals surface area contributed by atoms with Gasteiger partial charge in [-0.2, -0.15) is 5.10 Å². The summed E-state index contributed by atoms with van der Waals surface area (Å²) in [7, 11) is 1.59. The van der Waals surface area contributed by atoms with Crippen molar-refractivity contribution in [1.29, 1.82) is 0 Å². The van der Waals surface area contributed by atoms with E-state index in [9.17, 15) is 9.90 Å². The minimum atomic E-state index is -0.653. The molecule has 6 nitrogen and oxygen atoms in total. The molecule has 0 fully saturated rings. The van der Waals surface area contributed by atoms with Gasteiger partial charge in [0.15, 0.2) is 6.10 Å². The van der Waals surface area contributed by atoms with Gasteiger partial charge in [0, 0.05) is 5.56 Å². The van der Waals surface area contributed by atoms with Crippen LogP contribution in [-0.4, -0.2) is 30.4 Å². The van der Waals surface area contributed by atoms with E-state index >= 15 is 0 Å². The van der Waals surface area contributed by atoms with Crippen LogP contribution >= 0.6 is 0 Å². The van der Waals surface area contributed by atoms with E-state index in [1.807, 2.05) is 6.92 Å². The van der Waals surface area contributed by atoms with E-state index in [2.05, 4.69) is 10.5 Å². The maximum absolute atomic E-state index is 12.3. The van der Waals surface area contributed by atoms with Crippen LogP contribution < -0.4 is 14.9 Å². The van der Waals surface area contributed by atoms with Gasteiger partial charge in [0.1, 0.15) is 17.2 Å². The summed E-state index contributed by atoms with van der Waals surface area (Å²) in [6, 6.07) is 13.8. The molecule has 0 aromatic heterocycles. The number of nitrogens with one attached hydrogen (secondary N) is 1. The fraction of sp³-hybridized carbons (Fsp3) is 0.263. The van der Waals surface area contributed by atoms with Crippen molar-refractivity contribution in [3.05, 3.63) is 54.1 Å². The Hall–Kier alpha value is -3.02. The summed E-state index contributed by atoms with van der Waals surface area (Å²) in [6.07, 6.45) is 2.09. The topological polar surface area (TPSA) is 80.2 Å². The smallest absolute Gasteiger partial charge is 0.281 e. The molecule has 132 valence electrons. The Labute approximate surface area is 147 Å². The monoisotopic (exact) mass is 342 g/mol. The highest BCUT2D eigenvalue weighted by Gasteiger charge is 2.19. The van der Waals surface area contributed by atoms with Gasteiger partial charge in [-0.1, -0.05) is 25.5 Å². The molecule has 0 spiro atoms. The fourth-order valence-corrected chi connectivity index (χ4v) is 2.16.